The monoisotopic (exact) mass is 347 g/mol. The molecule has 6 heteroatoms. The van der Waals surface area contributed by atoms with Gasteiger partial charge in [0.05, 0.1) is 0 Å². The second-order valence-electron chi connectivity index (χ2n) is 5.00. The summed E-state index contributed by atoms with van der Waals surface area (Å²) in [7, 11) is 0. The zero-order valence-corrected chi connectivity index (χ0v) is 13.6. The van der Waals surface area contributed by atoms with Crippen LogP contribution in [0.2, 0.25) is 5.02 Å². The fourth-order valence-electron chi connectivity index (χ4n) is 1.84. The zero-order chi connectivity index (χ0) is 17.5. The number of hydrogen-bond acceptors (Lipinski definition) is 3. The fourth-order valence-corrected chi connectivity index (χ4v) is 2.01. The first kappa shape index (κ1) is 17.7. The quantitative estimate of drug-likeness (QED) is 0.657. The van der Waals surface area contributed by atoms with Crippen LogP contribution in [0, 0.1) is 12.7 Å². The molecule has 0 fully saturated rings. The van der Waals surface area contributed by atoms with E-state index in [2.05, 4.69) is 5.32 Å². The van der Waals surface area contributed by atoms with Gasteiger partial charge in [0.1, 0.15) is 5.82 Å². The Morgan fingerprint density at radius 3 is 2.62 bits per heavy atom. The molecule has 0 heterocycles. The minimum atomic E-state index is -0.669. The number of ether oxygens (including phenoxy) is 1. The van der Waals surface area contributed by atoms with Crippen LogP contribution in [-0.2, 0) is 14.3 Å². The van der Waals surface area contributed by atoms with Crippen molar-refractivity contribution in [2.75, 3.05) is 11.9 Å². The van der Waals surface area contributed by atoms with E-state index < -0.39 is 18.5 Å². The molecule has 0 bridgehead atoms. The first-order valence-electron chi connectivity index (χ1n) is 7.10. The Hall–Kier alpha value is -2.66. The molecule has 0 aromatic heterocycles. The average molecular weight is 348 g/mol. The number of hydrogen-bond donors (Lipinski definition) is 1. The highest BCUT2D eigenvalue weighted by molar-refractivity contribution is 6.31. The molecular formula is C18H15ClFNO3. The topological polar surface area (TPSA) is 55.4 Å². The number of benzene rings is 2. The van der Waals surface area contributed by atoms with Gasteiger partial charge >= 0.3 is 5.97 Å². The molecule has 0 aliphatic heterocycles. The van der Waals surface area contributed by atoms with E-state index in [9.17, 15) is 14.0 Å². The van der Waals surface area contributed by atoms with Crippen molar-refractivity contribution in [3.05, 3.63) is 70.5 Å². The molecule has 0 saturated heterocycles. The summed E-state index contributed by atoms with van der Waals surface area (Å²) < 4.78 is 17.6. The molecular weight excluding hydrogens is 333 g/mol. The number of esters is 1. The summed E-state index contributed by atoms with van der Waals surface area (Å²) in [6.07, 6.45) is 2.64. The van der Waals surface area contributed by atoms with Gasteiger partial charge in [-0.25, -0.2) is 9.18 Å². The molecule has 0 aliphatic rings. The van der Waals surface area contributed by atoms with Crippen molar-refractivity contribution in [2.45, 2.75) is 6.92 Å². The summed E-state index contributed by atoms with van der Waals surface area (Å²) >= 11 is 5.87. The molecule has 0 spiro atoms. The first-order valence-corrected chi connectivity index (χ1v) is 7.48. The predicted octanol–water partition coefficient (Wildman–Crippen LogP) is 3.98. The Morgan fingerprint density at radius 1 is 1.21 bits per heavy atom. The number of aryl methyl sites for hydroxylation is 1. The molecule has 4 nitrogen and oxygen atoms in total. The van der Waals surface area contributed by atoms with Crippen molar-refractivity contribution >= 4 is 35.2 Å². The van der Waals surface area contributed by atoms with Gasteiger partial charge in [0.2, 0.25) is 0 Å². The van der Waals surface area contributed by atoms with Crippen LogP contribution in [0.5, 0.6) is 0 Å². The molecule has 1 amide bonds. The Labute approximate surface area is 143 Å². The van der Waals surface area contributed by atoms with Crippen LogP contribution in [0.4, 0.5) is 10.1 Å². The third-order valence-electron chi connectivity index (χ3n) is 3.10. The molecule has 2 rings (SSSR count). The third-order valence-corrected chi connectivity index (χ3v) is 3.34. The van der Waals surface area contributed by atoms with Gasteiger partial charge in [0.25, 0.3) is 5.91 Å². The van der Waals surface area contributed by atoms with Gasteiger partial charge in [-0.15, -0.1) is 0 Å². The van der Waals surface area contributed by atoms with Gasteiger partial charge in [-0.05, 0) is 48.4 Å². The number of nitrogens with one attached hydrogen (secondary N) is 1. The second-order valence-corrected chi connectivity index (χ2v) is 5.44. The Balaban J connectivity index is 1.83. The second kappa shape index (κ2) is 8.26. The Morgan fingerprint density at radius 2 is 1.92 bits per heavy atom. The fraction of sp³-hybridized carbons (Fsp3) is 0.111. The van der Waals surface area contributed by atoms with Gasteiger partial charge in [0, 0.05) is 16.8 Å². The van der Waals surface area contributed by atoms with Gasteiger partial charge in [0.15, 0.2) is 6.61 Å². The molecule has 2 aromatic carbocycles. The minimum absolute atomic E-state index is 0.359. The van der Waals surface area contributed by atoms with Crippen LogP contribution in [0.15, 0.2) is 48.5 Å². The van der Waals surface area contributed by atoms with Crippen LogP contribution >= 0.6 is 11.6 Å². The van der Waals surface area contributed by atoms with Gasteiger partial charge in [-0.2, -0.15) is 0 Å². The number of carbonyl (C=O) groups excluding carboxylic acids is 2. The van der Waals surface area contributed by atoms with Crippen LogP contribution in [0.3, 0.4) is 0 Å². The van der Waals surface area contributed by atoms with E-state index in [1.54, 1.807) is 18.2 Å². The molecule has 0 atom stereocenters. The number of carbonyl (C=O) groups is 2. The van der Waals surface area contributed by atoms with Crippen molar-refractivity contribution < 1.29 is 18.7 Å². The van der Waals surface area contributed by atoms with Crippen molar-refractivity contribution in [2.24, 2.45) is 0 Å². The molecule has 124 valence electrons. The maximum Gasteiger partial charge on any atom is 0.331 e. The van der Waals surface area contributed by atoms with Crippen molar-refractivity contribution in [3.8, 4) is 0 Å². The normalized spacial score (nSPS) is 10.6. The van der Waals surface area contributed by atoms with Crippen LogP contribution in [0.25, 0.3) is 6.08 Å². The summed E-state index contributed by atoms with van der Waals surface area (Å²) in [5, 5.41) is 3.12. The van der Waals surface area contributed by atoms with E-state index in [4.69, 9.17) is 16.3 Å². The van der Waals surface area contributed by atoms with E-state index in [0.29, 0.717) is 16.3 Å². The van der Waals surface area contributed by atoms with E-state index in [0.717, 1.165) is 5.56 Å². The van der Waals surface area contributed by atoms with Gasteiger partial charge in [-0.3, -0.25) is 4.79 Å². The summed E-state index contributed by atoms with van der Waals surface area (Å²) in [5.74, 6) is -1.50. The number of anilines is 1. The summed E-state index contributed by atoms with van der Waals surface area (Å²) in [4.78, 5) is 23.4. The Bertz CT molecular complexity index is 772. The molecule has 0 saturated carbocycles. The molecule has 2 aromatic rings. The molecule has 0 radical (unpaired) electrons. The van der Waals surface area contributed by atoms with Crippen molar-refractivity contribution in [1.29, 1.82) is 0 Å². The maximum absolute atomic E-state index is 12.8. The SMILES string of the molecule is Cc1ccc(Cl)cc1NC(=O)COC(=O)/C=C/c1ccc(F)cc1. The van der Waals surface area contributed by atoms with Gasteiger partial charge in [-0.1, -0.05) is 29.8 Å². The number of halogens is 2. The smallest absolute Gasteiger partial charge is 0.331 e. The summed E-state index contributed by atoms with van der Waals surface area (Å²) in [5.41, 5.74) is 2.05. The lowest BCUT2D eigenvalue weighted by Crippen LogP contribution is -2.20. The maximum atomic E-state index is 12.8. The van der Waals surface area contributed by atoms with E-state index in [1.165, 1.54) is 36.4 Å². The van der Waals surface area contributed by atoms with Crippen molar-refractivity contribution in [3.63, 3.8) is 0 Å². The number of amides is 1. The Kier molecular flexibility index (Phi) is 6.09. The number of rotatable bonds is 5. The third kappa shape index (κ3) is 5.52. The summed E-state index contributed by atoms with van der Waals surface area (Å²) in [6.45, 7) is 1.40. The average Bonchev–Trinajstić information content (AvgIpc) is 2.56. The largest absolute Gasteiger partial charge is 0.452 e. The van der Waals surface area contributed by atoms with Crippen molar-refractivity contribution in [1.82, 2.24) is 0 Å². The minimum Gasteiger partial charge on any atom is -0.452 e. The van der Waals surface area contributed by atoms with Crippen LogP contribution in [0.1, 0.15) is 11.1 Å². The van der Waals surface area contributed by atoms with Crippen LogP contribution < -0.4 is 5.32 Å². The molecule has 1 N–H and O–H groups in total. The summed E-state index contributed by atoms with van der Waals surface area (Å²) in [6, 6.07) is 10.7. The lowest BCUT2D eigenvalue weighted by Gasteiger charge is -2.08. The lowest BCUT2D eigenvalue weighted by molar-refractivity contribution is -0.142. The lowest BCUT2D eigenvalue weighted by atomic mass is 10.2. The highest BCUT2D eigenvalue weighted by atomic mass is 35.5. The predicted molar refractivity (Wildman–Crippen MR) is 91.2 cm³/mol. The van der Waals surface area contributed by atoms with E-state index in [-0.39, 0.29) is 5.82 Å². The molecule has 0 aliphatic carbocycles. The highest BCUT2D eigenvalue weighted by Crippen LogP contribution is 2.19. The van der Waals surface area contributed by atoms with Crippen LogP contribution in [-0.4, -0.2) is 18.5 Å². The first-order chi connectivity index (χ1) is 11.4. The molecule has 0 unspecified atom stereocenters. The van der Waals surface area contributed by atoms with E-state index in [1.807, 2.05) is 6.92 Å². The van der Waals surface area contributed by atoms with Gasteiger partial charge < -0.3 is 10.1 Å². The standard InChI is InChI=1S/C18H15ClFNO3/c1-12-2-6-14(19)10-16(12)21-17(22)11-24-18(23)9-5-13-3-7-15(20)8-4-13/h2-10H,11H2,1H3,(H,21,22)/b9-5+. The van der Waals surface area contributed by atoms with E-state index >= 15 is 0 Å². The molecule has 24 heavy (non-hydrogen) atoms. The highest BCUT2D eigenvalue weighted by Gasteiger charge is 2.08. The zero-order valence-electron chi connectivity index (χ0n) is 12.9.